The van der Waals surface area contributed by atoms with Crippen molar-refractivity contribution in [2.45, 2.75) is 32.4 Å². The minimum atomic E-state index is -0.626. The molecule has 0 unspecified atom stereocenters. The van der Waals surface area contributed by atoms with Gasteiger partial charge < -0.3 is 15.2 Å². The van der Waals surface area contributed by atoms with Gasteiger partial charge in [0.1, 0.15) is 18.5 Å². The molecule has 0 aromatic heterocycles. The molecule has 0 radical (unpaired) electrons. The van der Waals surface area contributed by atoms with Crippen LogP contribution in [0.15, 0.2) is 54.6 Å². The summed E-state index contributed by atoms with van der Waals surface area (Å²) in [6.45, 7) is 4.76. The zero-order valence-electron chi connectivity index (χ0n) is 14.2. The first-order chi connectivity index (χ1) is 11.6. The van der Waals surface area contributed by atoms with Crippen molar-refractivity contribution in [1.82, 2.24) is 5.32 Å². The molecule has 0 amide bonds. The molecular formula is C20H25NO3. The van der Waals surface area contributed by atoms with Crippen molar-refractivity contribution in [3.05, 3.63) is 65.7 Å². The van der Waals surface area contributed by atoms with Crippen LogP contribution in [-0.2, 0) is 0 Å². The number of carbonyl (C=O) groups is 1. The molecule has 0 spiro atoms. The predicted octanol–water partition coefficient (Wildman–Crippen LogP) is 3.05. The zero-order valence-corrected chi connectivity index (χ0v) is 14.2. The molecule has 0 saturated heterocycles. The molecule has 0 aliphatic rings. The van der Waals surface area contributed by atoms with Gasteiger partial charge in [-0.25, -0.2) is 0 Å². The minimum Gasteiger partial charge on any atom is -0.490 e. The van der Waals surface area contributed by atoms with Gasteiger partial charge in [0.25, 0.3) is 0 Å². The Bertz CT molecular complexity index is 642. The molecule has 2 aromatic carbocycles. The van der Waals surface area contributed by atoms with Crippen LogP contribution in [0.4, 0.5) is 0 Å². The van der Waals surface area contributed by atoms with Gasteiger partial charge in [0.05, 0.1) is 5.56 Å². The van der Waals surface area contributed by atoms with Gasteiger partial charge in [0, 0.05) is 18.2 Å². The smallest absolute Gasteiger partial charge is 0.196 e. The quantitative estimate of drug-likeness (QED) is 0.695. The zero-order chi connectivity index (χ0) is 17.4. The number of aliphatic hydroxyl groups is 1. The molecule has 4 nitrogen and oxygen atoms in total. The molecule has 4 heteroatoms. The van der Waals surface area contributed by atoms with Crippen molar-refractivity contribution in [2.75, 3.05) is 13.2 Å². The number of rotatable bonds is 9. The van der Waals surface area contributed by atoms with Gasteiger partial charge in [-0.2, -0.15) is 0 Å². The van der Waals surface area contributed by atoms with Gasteiger partial charge in [-0.3, -0.25) is 4.79 Å². The molecular weight excluding hydrogens is 302 g/mol. The lowest BCUT2D eigenvalue weighted by atomic mass is 10.0. The normalized spacial score (nSPS) is 13.3. The predicted molar refractivity (Wildman–Crippen MR) is 95.6 cm³/mol. The molecule has 0 aliphatic carbocycles. The maximum Gasteiger partial charge on any atom is 0.196 e. The van der Waals surface area contributed by atoms with Crippen molar-refractivity contribution in [3.8, 4) is 5.75 Å². The lowest BCUT2D eigenvalue weighted by Gasteiger charge is -2.17. The van der Waals surface area contributed by atoms with Crippen molar-refractivity contribution >= 4 is 5.78 Å². The van der Waals surface area contributed by atoms with Crippen LogP contribution in [0, 0.1) is 0 Å². The van der Waals surface area contributed by atoms with Crippen LogP contribution in [0.3, 0.4) is 0 Å². The lowest BCUT2D eigenvalue weighted by molar-refractivity contribution is 0.0979. The molecule has 0 fully saturated rings. The Balaban J connectivity index is 2.00. The highest BCUT2D eigenvalue weighted by molar-refractivity contribution is 6.10. The average Bonchev–Trinajstić information content (AvgIpc) is 2.64. The van der Waals surface area contributed by atoms with Crippen LogP contribution in [0.5, 0.6) is 5.75 Å². The van der Waals surface area contributed by atoms with Crippen LogP contribution in [0.2, 0.25) is 0 Å². The van der Waals surface area contributed by atoms with Gasteiger partial charge in [0.2, 0.25) is 0 Å². The van der Waals surface area contributed by atoms with Crippen LogP contribution < -0.4 is 10.1 Å². The number of aliphatic hydroxyl groups excluding tert-OH is 1. The number of carbonyl (C=O) groups excluding carboxylic acids is 1. The molecule has 0 aliphatic heterocycles. The monoisotopic (exact) mass is 327 g/mol. The first-order valence-electron chi connectivity index (χ1n) is 8.34. The summed E-state index contributed by atoms with van der Waals surface area (Å²) in [5, 5.41) is 13.3. The van der Waals surface area contributed by atoms with Gasteiger partial charge in [0.15, 0.2) is 5.78 Å². The SMILES string of the molecule is CC[C@@H](C)NC[C@@H](O)COc1ccccc1C(=O)c1ccccc1. The second-order valence-corrected chi connectivity index (χ2v) is 5.87. The van der Waals surface area contributed by atoms with E-state index in [4.69, 9.17) is 4.74 Å². The number of nitrogens with one attached hydrogen (secondary N) is 1. The third-order valence-electron chi connectivity index (χ3n) is 3.91. The fourth-order valence-electron chi connectivity index (χ4n) is 2.25. The summed E-state index contributed by atoms with van der Waals surface area (Å²) in [4.78, 5) is 12.6. The fourth-order valence-corrected chi connectivity index (χ4v) is 2.25. The Kier molecular flexibility index (Phi) is 6.97. The Morgan fingerprint density at radius 1 is 1.12 bits per heavy atom. The van der Waals surface area contributed by atoms with Crippen molar-refractivity contribution in [1.29, 1.82) is 0 Å². The van der Waals surface area contributed by atoms with E-state index in [9.17, 15) is 9.90 Å². The molecule has 24 heavy (non-hydrogen) atoms. The van der Waals surface area contributed by atoms with E-state index in [0.29, 0.717) is 29.5 Å². The van der Waals surface area contributed by atoms with Crippen molar-refractivity contribution < 1.29 is 14.6 Å². The van der Waals surface area contributed by atoms with E-state index in [1.165, 1.54) is 0 Å². The van der Waals surface area contributed by atoms with E-state index >= 15 is 0 Å². The minimum absolute atomic E-state index is 0.0848. The van der Waals surface area contributed by atoms with Gasteiger partial charge in [-0.15, -0.1) is 0 Å². The number of hydrogen-bond acceptors (Lipinski definition) is 4. The molecule has 2 N–H and O–H groups in total. The Labute approximate surface area is 143 Å². The van der Waals surface area contributed by atoms with Gasteiger partial charge in [-0.05, 0) is 25.5 Å². The first kappa shape index (κ1) is 18.2. The van der Waals surface area contributed by atoms with Crippen LogP contribution in [0.1, 0.15) is 36.2 Å². The summed E-state index contributed by atoms with van der Waals surface area (Å²) < 4.78 is 5.70. The van der Waals surface area contributed by atoms with E-state index in [2.05, 4.69) is 19.2 Å². The Morgan fingerprint density at radius 3 is 2.50 bits per heavy atom. The highest BCUT2D eigenvalue weighted by atomic mass is 16.5. The molecule has 2 atom stereocenters. The third kappa shape index (κ3) is 5.18. The molecule has 128 valence electrons. The Morgan fingerprint density at radius 2 is 1.79 bits per heavy atom. The number of ether oxygens (including phenoxy) is 1. The van der Waals surface area contributed by atoms with Crippen molar-refractivity contribution in [3.63, 3.8) is 0 Å². The van der Waals surface area contributed by atoms with E-state index in [1.807, 2.05) is 30.3 Å². The van der Waals surface area contributed by atoms with E-state index in [0.717, 1.165) is 6.42 Å². The molecule has 2 aromatic rings. The number of ketones is 1. The molecule has 0 bridgehead atoms. The summed E-state index contributed by atoms with van der Waals surface area (Å²) in [5.41, 5.74) is 1.12. The topological polar surface area (TPSA) is 58.6 Å². The van der Waals surface area contributed by atoms with Crippen molar-refractivity contribution in [2.24, 2.45) is 0 Å². The summed E-state index contributed by atoms with van der Waals surface area (Å²) in [7, 11) is 0. The summed E-state index contributed by atoms with van der Waals surface area (Å²) in [6, 6.07) is 16.6. The average molecular weight is 327 g/mol. The van der Waals surface area contributed by atoms with E-state index < -0.39 is 6.10 Å². The molecule has 0 heterocycles. The molecule has 2 rings (SSSR count). The fraction of sp³-hybridized carbons (Fsp3) is 0.350. The second-order valence-electron chi connectivity index (χ2n) is 5.87. The highest BCUT2D eigenvalue weighted by Crippen LogP contribution is 2.21. The third-order valence-corrected chi connectivity index (χ3v) is 3.91. The number of hydrogen-bond donors (Lipinski definition) is 2. The number of benzene rings is 2. The largest absolute Gasteiger partial charge is 0.490 e. The summed E-state index contributed by atoms with van der Waals surface area (Å²) >= 11 is 0. The van der Waals surface area contributed by atoms with E-state index in [1.54, 1.807) is 24.3 Å². The maximum absolute atomic E-state index is 12.6. The van der Waals surface area contributed by atoms with Gasteiger partial charge >= 0.3 is 0 Å². The maximum atomic E-state index is 12.6. The Hall–Kier alpha value is -2.17. The molecule has 0 saturated carbocycles. The van der Waals surface area contributed by atoms with Crippen LogP contribution >= 0.6 is 0 Å². The highest BCUT2D eigenvalue weighted by Gasteiger charge is 2.15. The van der Waals surface area contributed by atoms with Gasteiger partial charge in [-0.1, -0.05) is 49.4 Å². The van der Waals surface area contributed by atoms with E-state index in [-0.39, 0.29) is 12.4 Å². The van der Waals surface area contributed by atoms with Crippen LogP contribution in [-0.4, -0.2) is 36.2 Å². The second kappa shape index (κ2) is 9.21. The first-order valence-corrected chi connectivity index (χ1v) is 8.34. The number of para-hydroxylation sites is 1. The standard InChI is InChI=1S/C20H25NO3/c1-3-15(2)21-13-17(22)14-24-19-12-8-7-11-18(19)20(23)16-9-5-4-6-10-16/h4-12,15,17,21-22H,3,13-14H2,1-2H3/t15-,17-/m1/s1. The summed E-state index contributed by atoms with van der Waals surface area (Å²) in [5.74, 6) is 0.410. The summed E-state index contributed by atoms with van der Waals surface area (Å²) in [6.07, 6.45) is 0.376. The van der Waals surface area contributed by atoms with Crippen LogP contribution in [0.25, 0.3) is 0 Å². The lowest BCUT2D eigenvalue weighted by Crippen LogP contribution is -2.36.